The van der Waals surface area contributed by atoms with Gasteiger partial charge < -0.3 is 10.1 Å². The standard InChI is InChI=1S/C18H16ClN5O2/c1-26-14-5-2-12(3-6-14)18(8-9-18)21-17(25)15-7-4-13(10-16(15)19)24-11-20-22-23-24/h2-7,10-11H,8-9H2,1H3,(H,21,25). The van der Waals surface area contributed by atoms with Crippen LogP contribution in [0.1, 0.15) is 28.8 Å². The first-order chi connectivity index (χ1) is 12.6. The molecule has 1 aliphatic rings. The Bertz CT molecular complexity index is 937. The Morgan fingerprint density at radius 1 is 1.23 bits per heavy atom. The number of hydrogen-bond donors (Lipinski definition) is 1. The Morgan fingerprint density at radius 3 is 2.58 bits per heavy atom. The van der Waals surface area contributed by atoms with E-state index in [0.717, 1.165) is 24.2 Å². The van der Waals surface area contributed by atoms with Crippen molar-refractivity contribution >= 4 is 17.5 Å². The quantitative estimate of drug-likeness (QED) is 0.747. The van der Waals surface area contributed by atoms with Crippen LogP contribution < -0.4 is 10.1 Å². The molecule has 26 heavy (non-hydrogen) atoms. The van der Waals surface area contributed by atoms with Gasteiger partial charge in [0.2, 0.25) is 0 Å². The van der Waals surface area contributed by atoms with Crippen molar-refractivity contribution in [2.75, 3.05) is 7.11 Å². The molecule has 0 spiro atoms. The fourth-order valence-electron chi connectivity index (χ4n) is 2.92. The predicted octanol–water partition coefficient (Wildman–Crippen LogP) is 2.74. The zero-order chi connectivity index (χ0) is 18.1. The van der Waals surface area contributed by atoms with E-state index >= 15 is 0 Å². The zero-order valence-electron chi connectivity index (χ0n) is 14.0. The number of halogens is 1. The Morgan fingerprint density at radius 2 is 2.00 bits per heavy atom. The van der Waals surface area contributed by atoms with Gasteiger partial charge in [0.15, 0.2) is 0 Å². The lowest BCUT2D eigenvalue weighted by atomic mass is 10.0. The second kappa shape index (κ2) is 6.42. The predicted molar refractivity (Wildman–Crippen MR) is 95.5 cm³/mol. The number of rotatable bonds is 5. The molecular weight excluding hydrogens is 354 g/mol. The number of ether oxygens (including phenoxy) is 1. The van der Waals surface area contributed by atoms with Gasteiger partial charge in [-0.25, -0.2) is 4.68 Å². The molecule has 0 unspecified atom stereocenters. The number of aromatic nitrogens is 4. The topological polar surface area (TPSA) is 81.9 Å². The number of nitrogens with zero attached hydrogens (tertiary/aromatic N) is 4. The van der Waals surface area contributed by atoms with Gasteiger partial charge in [0.1, 0.15) is 12.1 Å². The Hall–Kier alpha value is -2.93. The minimum absolute atomic E-state index is 0.202. The van der Waals surface area contributed by atoms with Crippen molar-refractivity contribution in [2.45, 2.75) is 18.4 Å². The molecule has 8 heteroatoms. The summed E-state index contributed by atoms with van der Waals surface area (Å²) in [6.07, 6.45) is 3.26. The van der Waals surface area contributed by atoms with Crippen LogP contribution in [0.4, 0.5) is 0 Å². The van der Waals surface area contributed by atoms with Crippen LogP contribution in [0.2, 0.25) is 5.02 Å². The number of hydrogen-bond acceptors (Lipinski definition) is 5. The average molecular weight is 370 g/mol. The highest BCUT2D eigenvalue weighted by Gasteiger charge is 2.45. The lowest BCUT2D eigenvalue weighted by molar-refractivity contribution is 0.0931. The third-order valence-corrected chi connectivity index (χ3v) is 4.87. The highest BCUT2D eigenvalue weighted by Crippen LogP contribution is 2.46. The first-order valence-electron chi connectivity index (χ1n) is 8.11. The molecule has 132 valence electrons. The average Bonchev–Trinajstić information content (AvgIpc) is 3.22. The van der Waals surface area contributed by atoms with E-state index in [9.17, 15) is 4.79 Å². The maximum Gasteiger partial charge on any atom is 0.253 e. The number of carbonyl (C=O) groups is 1. The number of nitrogens with one attached hydrogen (secondary N) is 1. The summed E-state index contributed by atoms with van der Waals surface area (Å²) in [5.41, 5.74) is 1.84. The van der Waals surface area contributed by atoms with E-state index in [2.05, 4.69) is 20.8 Å². The van der Waals surface area contributed by atoms with Crippen molar-refractivity contribution in [3.63, 3.8) is 0 Å². The van der Waals surface area contributed by atoms with Crippen LogP contribution in [0.25, 0.3) is 5.69 Å². The van der Waals surface area contributed by atoms with Crippen LogP contribution in [0.5, 0.6) is 5.75 Å². The molecule has 0 aliphatic heterocycles. The van der Waals surface area contributed by atoms with Crippen LogP contribution in [0.15, 0.2) is 48.8 Å². The van der Waals surface area contributed by atoms with Gasteiger partial charge in [-0.05, 0) is 59.2 Å². The third-order valence-electron chi connectivity index (χ3n) is 4.56. The zero-order valence-corrected chi connectivity index (χ0v) is 14.8. The molecule has 1 N–H and O–H groups in total. The molecule has 2 aromatic carbocycles. The molecule has 1 aliphatic carbocycles. The number of carbonyl (C=O) groups excluding carboxylic acids is 1. The minimum atomic E-state index is -0.332. The molecule has 1 aromatic heterocycles. The van der Waals surface area contributed by atoms with Crippen molar-refractivity contribution in [3.05, 3.63) is 64.9 Å². The summed E-state index contributed by atoms with van der Waals surface area (Å²) >= 11 is 6.32. The second-order valence-corrected chi connectivity index (χ2v) is 6.59. The van der Waals surface area contributed by atoms with Gasteiger partial charge in [0.25, 0.3) is 5.91 Å². The van der Waals surface area contributed by atoms with Gasteiger partial charge in [-0.2, -0.15) is 0 Å². The summed E-state index contributed by atoms with van der Waals surface area (Å²) in [7, 11) is 1.63. The summed E-state index contributed by atoms with van der Waals surface area (Å²) in [5.74, 6) is 0.587. The highest BCUT2D eigenvalue weighted by molar-refractivity contribution is 6.34. The Kier molecular flexibility index (Phi) is 4.08. The van der Waals surface area contributed by atoms with E-state index in [0.29, 0.717) is 16.3 Å². The summed E-state index contributed by atoms with van der Waals surface area (Å²) in [5, 5.41) is 14.5. The van der Waals surface area contributed by atoms with Crippen LogP contribution in [-0.2, 0) is 5.54 Å². The summed E-state index contributed by atoms with van der Waals surface area (Å²) < 4.78 is 6.67. The molecule has 0 saturated heterocycles. The van der Waals surface area contributed by atoms with Crippen molar-refractivity contribution in [2.24, 2.45) is 0 Å². The summed E-state index contributed by atoms with van der Waals surface area (Å²) in [6, 6.07) is 12.9. The SMILES string of the molecule is COc1ccc(C2(NC(=O)c3ccc(-n4cnnn4)cc3Cl)CC2)cc1. The molecule has 1 heterocycles. The largest absolute Gasteiger partial charge is 0.497 e. The number of benzene rings is 2. The monoisotopic (exact) mass is 369 g/mol. The van der Waals surface area contributed by atoms with Gasteiger partial charge in [-0.15, -0.1) is 5.10 Å². The lowest BCUT2D eigenvalue weighted by Gasteiger charge is -2.19. The highest BCUT2D eigenvalue weighted by atomic mass is 35.5. The number of amides is 1. The molecular formula is C18H16ClN5O2. The van der Waals surface area contributed by atoms with E-state index in [1.165, 1.54) is 11.0 Å². The molecule has 4 rings (SSSR count). The fraction of sp³-hybridized carbons (Fsp3) is 0.222. The molecule has 0 bridgehead atoms. The van der Waals surface area contributed by atoms with Gasteiger partial charge in [0.05, 0.1) is 28.9 Å². The van der Waals surface area contributed by atoms with Crippen molar-refractivity contribution in [1.29, 1.82) is 0 Å². The minimum Gasteiger partial charge on any atom is -0.497 e. The van der Waals surface area contributed by atoms with Gasteiger partial charge in [0, 0.05) is 0 Å². The van der Waals surface area contributed by atoms with Gasteiger partial charge in [-0.1, -0.05) is 23.7 Å². The summed E-state index contributed by atoms with van der Waals surface area (Å²) in [6.45, 7) is 0. The van der Waals surface area contributed by atoms with Gasteiger partial charge in [-0.3, -0.25) is 4.79 Å². The first-order valence-corrected chi connectivity index (χ1v) is 8.49. The van der Waals surface area contributed by atoms with E-state index in [4.69, 9.17) is 16.3 Å². The van der Waals surface area contributed by atoms with E-state index in [1.807, 2.05) is 24.3 Å². The molecule has 0 atom stereocenters. The van der Waals surface area contributed by atoms with Crippen molar-refractivity contribution < 1.29 is 9.53 Å². The summed E-state index contributed by atoms with van der Waals surface area (Å²) in [4.78, 5) is 12.7. The van der Waals surface area contributed by atoms with Gasteiger partial charge >= 0.3 is 0 Å². The van der Waals surface area contributed by atoms with E-state index in [-0.39, 0.29) is 11.4 Å². The Balaban J connectivity index is 1.54. The third kappa shape index (κ3) is 3.01. The number of tetrazole rings is 1. The Labute approximate surface area is 154 Å². The molecule has 1 amide bonds. The maximum atomic E-state index is 12.7. The second-order valence-electron chi connectivity index (χ2n) is 6.18. The van der Waals surface area contributed by atoms with Crippen LogP contribution in [0.3, 0.4) is 0 Å². The first kappa shape index (κ1) is 16.5. The van der Waals surface area contributed by atoms with Crippen LogP contribution in [-0.4, -0.2) is 33.2 Å². The molecule has 1 saturated carbocycles. The normalized spacial score (nSPS) is 14.7. The van der Waals surface area contributed by atoms with Crippen molar-refractivity contribution in [1.82, 2.24) is 25.5 Å². The van der Waals surface area contributed by atoms with Crippen LogP contribution >= 0.6 is 11.6 Å². The molecule has 7 nitrogen and oxygen atoms in total. The van der Waals surface area contributed by atoms with E-state index in [1.54, 1.807) is 25.3 Å². The number of methoxy groups -OCH3 is 1. The molecule has 0 radical (unpaired) electrons. The fourth-order valence-corrected chi connectivity index (χ4v) is 3.18. The molecule has 1 fully saturated rings. The lowest BCUT2D eigenvalue weighted by Crippen LogP contribution is -2.35. The van der Waals surface area contributed by atoms with E-state index < -0.39 is 0 Å². The van der Waals surface area contributed by atoms with Crippen molar-refractivity contribution in [3.8, 4) is 11.4 Å². The molecule has 3 aromatic rings. The van der Waals surface area contributed by atoms with Crippen LogP contribution in [0, 0.1) is 0 Å². The maximum absolute atomic E-state index is 12.7. The smallest absolute Gasteiger partial charge is 0.253 e.